The molecule has 0 atom stereocenters. The van der Waals surface area contributed by atoms with E-state index in [1.807, 2.05) is 19.1 Å². The van der Waals surface area contributed by atoms with Crippen LogP contribution in [0.4, 0.5) is 0 Å². The molecule has 1 aromatic heterocycles. The standard InChI is InChI=1S/C12H20N4O/c1-2-16(10-12(17)15-8-5-13)9-11-3-6-14-7-4-11/h3-4,6-7H,2,5,8-10,13H2,1H3,(H,15,17). The summed E-state index contributed by atoms with van der Waals surface area (Å²) in [7, 11) is 0. The Morgan fingerprint density at radius 1 is 1.47 bits per heavy atom. The van der Waals surface area contributed by atoms with Crippen molar-refractivity contribution in [1.82, 2.24) is 15.2 Å². The average molecular weight is 236 g/mol. The molecule has 0 aliphatic heterocycles. The first-order valence-corrected chi connectivity index (χ1v) is 5.84. The molecule has 0 saturated heterocycles. The number of hydrogen-bond donors (Lipinski definition) is 2. The van der Waals surface area contributed by atoms with Crippen LogP contribution in [0.15, 0.2) is 24.5 Å². The first kappa shape index (κ1) is 13.6. The third-order valence-electron chi connectivity index (χ3n) is 2.44. The van der Waals surface area contributed by atoms with Crippen LogP contribution in [0.25, 0.3) is 0 Å². The zero-order chi connectivity index (χ0) is 12.5. The molecule has 0 saturated carbocycles. The van der Waals surface area contributed by atoms with Gasteiger partial charge in [0.05, 0.1) is 6.54 Å². The van der Waals surface area contributed by atoms with Gasteiger partial charge in [0, 0.05) is 32.0 Å². The number of pyridine rings is 1. The van der Waals surface area contributed by atoms with Gasteiger partial charge in [-0.25, -0.2) is 0 Å². The number of carbonyl (C=O) groups excluding carboxylic acids is 1. The minimum absolute atomic E-state index is 0.0198. The second-order valence-electron chi connectivity index (χ2n) is 3.80. The number of nitrogens with two attached hydrogens (primary N) is 1. The monoisotopic (exact) mass is 236 g/mol. The van der Waals surface area contributed by atoms with Crippen molar-refractivity contribution in [3.05, 3.63) is 30.1 Å². The number of likely N-dealkylation sites (N-methyl/N-ethyl adjacent to an activating group) is 1. The first-order valence-electron chi connectivity index (χ1n) is 5.84. The summed E-state index contributed by atoms with van der Waals surface area (Å²) in [5, 5.41) is 2.76. The van der Waals surface area contributed by atoms with Crippen LogP contribution in [0.5, 0.6) is 0 Å². The maximum Gasteiger partial charge on any atom is 0.234 e. The van der Waals surface area contributed by atoms with Crippen molar-refractivity contribution >= 4 is 5.91 Å². The van der Waals surface area contributed by atoms with E-state index in [0.29, 0.717) is 19.6 Å². The minimum Gasteiger partial charge on any atom is -0.354 e. The quantitative estimate of drug-likeness (QED) is 0.698. The molecule has 1 heterocycles. The van der Waals surface area contributed by atoms with Crippen LogP contribution >= 0.6 is 0 Å². The highest BCUT2D eigenvalue weighted by atomic mass is 16.2. The third-order valence-corrected chi connectivity index (χ3v) is 2.44. The summed E-state index contributed by atoms with van der Waals surface area (Å²) in [5.74, 6) is 0.0198. The molecule has 0 bridgehead atoms. The van der Waals surface area contributed by atoms with Gasteiger partial charge in [0.2, 0.25) is 5.91 Å². The van der Waals surface area contributed by atoms with Gasteiger partial charge < -0.3 is 11.1 Å². The summed E-state index contributed by atoms with van der Waals surface area (Å²) < 4.78 is 0. The molecule has 0 aliphatic rings. The second-order valence-corrected chi connectivity index (χ2v) is 3.80. The number of rotatable bonds is 7. The summed E-state index contributed by atoms with van der Waals surface area (Å²) in [5.41, 5.74) is 6.49. The SMILES string of the molecule is CCN(CC(=O)NCCN)Cc1ccncc1. The fourth-order valence-electron chi connectivity index (χ4n) is 1.50. The number of nitrogens with one attached hydrogen (secondary N) is 1. The molecule has 0 aromatic carbocycles. The fraction of sp³-hybridized carbons (Fsp3) is 0.500. The van der Waals surface area contributed by atoms with E-state index >= 15 is 0 Å². The highest BCUT2D eigenvalue weighted by molar-refractivity contribution is 5.77. The summed E-state index contributed by atoms with van der Waals surface area (Å²) in [6.45, 7) is 5.04. The van der Waals surface area contributed by atoms with Gasteiger partial charge in [0.1, 0.15) is 0 Å². The summed E-state index contributed by atoms with van der Waals surface area (Å²) in [6, 6.07) is 3.92. The number of carbonyl (C=O) groups is 1. The van der Waals surface area contributed by atoms with Gasteiger partial charge in [-0.15, -0.1) is 0 Å². The fourth-order valence-corrected chi connectivity index (χ4v) is 1.50. The average Bonchev–Trinajstić information content (AvgIpc) is 2.36. The van der Waals surface area contributed by atoms with Crippen molar-refractivity contribution in [2.45, 2.75) is 13.5 Å². The van der Waals surface area contributed by atoms with Gasteiger partial charge in [-0.1, -0.05) is 6.92 Å². The molecule has 0 aliphatic carbocycles. The molecule has 94 valence electrons. The first-order chi connectivity index (χ1) is 8.26. The minimum atomic E-state index is 0.0198. The normalized spacial score (nSPS) is 10.5. The van der Waals surface area contributed by atoms with Crippen LogP contribution in [0.3, 0.4) is 0 Å². The molecule has 3 N–H and O–H groups in total. The Morgan fingerprint density at radius 3 is 2.76 bits per heavy atom. The molecule has 1 amide bonds. The number of amides is 1. The van der Waals surface area contributed by atoms with Crippen LogP contribution in [-0.4, -0.2) is 42.0 Å². The van der Waals surface area contributed by atoms with E-state index in [-0.39, 0.29) is 5.91 Å². The lowest BCUT2D eigenvalue weighted by Gasteiger charge is -2.19. The van der Waals surface area contributed by atoms with Crippen LogP contribution in [0.2, 0.25) is 0 Å². The van der Waals surface area contributed by atoms with Crippen LogP contribution < -0.4 is 11.1 Å². The van der Waals surface area contributed by atoms with Crippen molar-refractivity contribution in [3.63, 3.8) is 0 Å². The maximum atomic E-state index is 11.5. The predicted molar refractivity (Wildman–Crippen MR) is 67.3 cm³/mol. The van der Waals surface area contributed by atoms with E-state index in [9.17, 15) is 4.79 Å². The van der Waals surface area contributed by atoms with Crippen LogP contribution in [0, 0.1) is 0 Å². The van der Waals surface area contributed by atoms with Crippen molar-refractivity contribution in [3.8, 4) is 0 Å². The molecule has 0 radical (unpaired) electrons. The Hall–Kier alpha value is -1.46. The van der Waals surface area contributed by atoms with Crippen molar-refractivity contribution < 1.29 is 4.79 Å². The van der Waals surface area contributed by atoms with E-state index in [4.69, 9.17) is 5.73 Å². The van der Waals surface area contributed by atoms with Gasteiger partial charge in [-0.2, -0.15) is 0 Å². The Balaban J connectivity index is 2.41. The molecule has 0 unspecified atom stereocenters. The highest BCUT2D eigenvalue weighted by Crippen LogP contribution is 2.02. The summed E-state index contributed by atoms with van der Waals surface area (Å²) in [4.78, 5) is 17.6. The van der Waals surface area contributed by atoms with E-state index in [0.717, 1.165) is 18.7 Å². The molecule has 1 aromatic rings. The zero-order valence-electron chi connectivity index (χ0n) is 10.2. The Bertz CT molecular complexity index is 329. The zero-order valence-corrected chi connectivity index (χ0v) is 10.2. The lowest BCUT2D eigenvalue weighted by atomic mass is 10.2. The van der Waals surface area contributed by atoms with E-state index < -0.39 is 0 Å². The lowest BCUT2D eigenvalue weighted by Crippen LogP contribution is -2.38. The van der Waals surface area contributed by atoms with Gasteiger partial charge in [0.25, 0.3) is 0 Å². The van der Waals surface area contributed by atoms with Crippen LogP contribution in [0.1, 0.15) is 12.5 Å². The Morgan fingerprint density at radius 2 is 2.18 bits per heavy atom. The molecule has 1 rings (SSSR count). The molecule has 5 nitrogen and oxygen atoms in total. The second kappa shape index (κ2) is 7.76. The summed E-state index contributed by atoms with van der Waals surface area (Å²) in [6.07, 6.45) is 3.52. The van der Waals surface area contributed by atoms with Gasteiger partial charge >= 0.3 is 0 Å². The largest absolute Gasteiger partial charge is 0.354 e. The lowest BCUT2D eigenvalue weighted by molar-refractivity contribution is -0.122. The predicted octanol–water partition coefficient (Wildman–Crippen LogP) is -0.0216. The third kappa shape index (κ3) is 5.42. The smallest absolute Gasteiger partial charge is 0.234 e. The van der Waals surface area contributed by atoms with Gasteiger partial charge in [-0.3, -0.25) is 14.7 Å². The van der Waals surface area contributed by atoms with E-state index in [1.54, 1.807) is 12.4 Å². The molecule has 0 fully saturated rings. The number of hydrogen-bond acceptors (Lipinski definition) is 4. The van der Waals surface area contributed by atoms with Crippen molar-refractivity contribution in [1.29, 1.82) is 0 Å². The van der Waals surface area contributed by atoms with Crippen molar-refractivity contribution in [2.24, 2.45) is 5.73 Å². The van der Waals surface area contributed by atoms with Gasteiger partial charge in [0.15, 0.2) is 0 Å². The van der Waals surface area contributed by atoms with Gasteiger partial charge in [-0.05, 0) is 24.2 Å². The highest BCUT2D eigenvalue weighted by Gasteiger charge is 2.08. The van der Waals surface area contributed by atoms with E-state index in [2.05, 4.69) is 15.2 Å². The molecule has 5 heteroatoms. The van der Waals surface area contributed by atoms with Crippen LogP contribution in [-0.2, 0) is 11.3 Å². The van der Waals surface area contributed by atoms with Crippen molar-refractivity contribution in [2.75, 3.05) is 26.2 Å². The molecule has 0 spiro atoms. The Labute approximate surface area is 102 Å². The Kier molecular flexibility index (Phi) is 6.21. The number of aromatic nitrogens is 1. The maximum absolute atomic E-state index is 11.5. The summed E-state index contributed by atoms with van der Waals surface area (Å²) >= 11 is 0. The number of nitrogens with zero attached hydrogens (tertiary/aromatic N) is 2. The topological polar surface area (TPSA) is 71.2 Å². The van der Waals surface area contributed by atoms with E-state index in [1.165, 1.54) is 0 Å². The molecular formula is C12H20N4O. The molecular weight excluding hydrogens is 216 g/mol. The molecule has 17 heavy (non-hydrogen) atoms.